The summed E-state index contributed by atoms with van der Waals surface area (Å²) in [6.45, 7) is 0. The van der Waals surface area contributed by atoms with Crippen LogP contribution >= 0.6 is 0 Å². The third-order valence-electron chi connectivity index (χ3n) is 1.94. The van der Waals surface area contributed by atoms with Crippen molar-refractivity contribution in [3.8, 4) is 0 Å². The van der Waals surface area contributed by atoms with Gasteiger partial charge in [-0.1, -0.05) is 23.4 Å². The van der Waals surface area contributed by atoms with E-state index in [2.05, 4.69) is 15.3 Å². The topological polar surface area (TPSA) is 106 Å². The molecule has 2 aromatic rings. The van der Waals surface area contributed by atoms with Crippen LogP contribution in [0.1, 0.15) is 0 Å². The van der Waals surface area contributed by atoms with Gasteiger partial charge in [0.1, 0.15) is 5.82 Å². The Balaban J connectivity index is 2.41. The Morgan fingerprint density at radius 2 is 1.88 bits per heavy atom. The average molecular weight is 231 g/mol. The molecule has 0 spiro atoms. The van der Waals surface area contributed by atoms with Gasteiger partial charge in [-0.2, -0.15) is 0 Å². The van der Waals surface area contributed by atoms with Gasteiger partial charge in [0, 0.05) is 6.07 Å². The monoisotopic (exact) mass is 231 g/mol. The van der Waals surface area contributed by atoms with Crippen LogP contribution in [0, 0.1) is 0 Å². The molecule has 0 fully saturated rings. The van der Waals surface area contributed by atoms with E-state index in [0.717, 1.165) is 6.07 Å². The van der Waals surface area contributed by atoms with Gasteiger partial charge in [0.2, 0.25) is 0 Å². The summed E-state index contributed by atoms with van der Waals surface area (Å²) in [5.41, 5.74) is 4.47. The number of rotatable bonds is 2. The summed E-state index contributed by atoms with van der Waals surface area (Å²) in [6, 6.07) is 9.81. The lowest BCUT2D eigenvalue weighted by Crippen LogP contribution is -2.31. The Bertz CT molecular complexity index is 625. The summed E-state index contributed by atoms with van der Waals surface area (Å²) in [4.78, 5) is 25.0. The first-order valence-electron chi connectivity index (χ1n) is 4.76. The highest BCUT2D eigenvalue weighted by Crippen LogP contribution is 2.09. The summed E-state index contributed by atoms with van der Waals surface area (Å²) in [5.74, 6) is -0.00818. The lowest BCUT2D eigenvalue weighted by atomic mass is 10.3. The predicted octanol–water partition coefficient (Wildman–Crippen LogP) is 0.666. The van der Waals surface area contributed by atoms with Crippen LogP contribution in [-0.4, -0.2) is 9.66 Å². The van der Waals surface area contributed by atoms with Crippen molar-refractivity contribution in [1.29, 1.82) is 0 Å². The van der Waals surface area contributed by atoms with E-state index in [1.807, 2.05) is 6.07 Å². The van der Waals surface area contributed by atoms with Gasteiger partial charge in [-0.05, 0) is 12.1 Å². The Hall–Kier alpha value is -2.70. The van der Waals surface area contributed by atoms with E-state index < -0.39 is 11.2 Å². The van der Waals surface area contributed by atoms with E-state index >= 15 is 0 Å². The van der Waals surface area contributed by atoms with E-state index in [-0.39, 0.29) is 5.82 Å². The SMILES string of the molecule is Nc1cc(=O)n(N=Nc2ccccc2)c(=O)[nH]1. The first-order chi connectivity index (χ1) is 8.16. The molecule has 1 aromatic heterocycles. The predicted molar refractivity (Wildman–Crippen MR) is 62.1 cm³/mol. The van der Waals surface area contributed by atoms with Crippen molar-refractivity contribution in [2.45, 2.75) is 0 Å². The molecule has 0 saturated carbocycles. The van der Waals surface area contributed by atoms with E-state index in [4.69, 9.17) is 5.73 Å². The third-order valence-corrected chi connectivity index (χ3v) is 1.94. The van der Waals surface area contributed by atoms with Crippen molar-refractivity contribution < 1.29 is 0 Å². The number of nitrogens with two attached hydrogens (primary N) is 1. The second-order valence-corrected chi connectivity index (χ2v) is 3.20. The molecule has 1 aromatic carbocycles. The Morgan fingerprint density at radius 1 is 1.18 bits per heavy atom. The number of aromatic nitrogens is 2. The normalized spacial score (nSPS) is 10.8. The summed E-state index contributed by atoms with van der Waals surface area (Å²) in [5, 5.41) is 7.30. The van der Waals surface area contributed by atoms with Crippen LogP contribution in [0.5, 0.6) is 0 Å². The largest absolute Gasteiger partial charge is 0.385 e. The fraction of sp³-hybridized carbons (Fsp3) is 0. The number of benzene rings is 1. The molecular formula is C10H9N5O2. The second-order valence-electron chi connectivity index (χ2n) is 3.20. The summed E-state index contributed by atoms with van der Waals surface area (Å²) >= 11 is 0. The maximum atomic E-state index is 11.4. The minimum atomic E-state index is -0.727. The lowest BCUT2D eigenvalue weighted by Gasteiger charge is -1.96. The number of nitrogens with one attached hydrogen (secondary N) is 1. The lowest BCUT2D eigenvalue weighted by molar-refractivity contribution is 0.706. The van der Waals surface area contributed by atoms with Gasteiger partial charge >= 0.3 is 5.69 Å². The van der Waals surface area contributed by atoms with Crippen LogP contribution in [0.4, 0.5) is 11.5 Å². The molecule has 0 atom stereocenters. The van der Waals surface area contributed by atoms with Gasteiger partial charge < -0.3 is 5.73 Å². The number of hydrogen-bond donors (Lipinski definition) is 2. The molecule has 0 aliphatic rings. The Morgan fingerprint density at radius 3 is 2.53 bits per heavy atom. The van der Waals surface area contributed by atoms with Crippen molar-refractivity contribution in [2.75, 3.05) is 5.73 Å². The molecule has 1 heterocycles. The number of aromatic amines is 1. The van der Waals surface area contributed by atoms with E-state index in [0.29, 0.717) is 10.4 Å². The zero-order valence-corrected chi connectivity index (χ0v) is 8.70. The molecule has 0 radical (unpaired) electrons. The highest BCUT2D eigenvalue weighted by Gasteiger charge is 2.00. The van der Waals surface area contributed by atoms with Crippen LogP contribution in [0.25, 0.3) is 0 Å². The van der Waals surface area contributed by atoms with Crippen molar-refractivity contribution >= 4 is 11.5 Å². The first kappa shape index (κ1) is 10.8. The molecule has 3 N–H and O–H groups in total. The molecule has 0 amide bonds. The maximum Gasteiger partial charge on any atom is 0.352 e. The maximum absolute atomic E-state index is 11.4. The molecule has 0 aliphatic heterocycles. The van der Waals surface area contributed by atoms with Crippen LogP contribution in [0.3, 0.4) is 0 Å². The molecule has 7 nitrogen and oxygen atoms in total. The van der Waals surface area contributed by atoms with Crippen LogP contribution in [0.15, 0.2) is 56.3 Å². The zero-order valence-electron chi connectivity index (χ0n) is 8.70. The molecule has 0 aliphatic carbocycles. The van der Waals surface area contributed by atoms with Crippen molar-refractivity contribution in [3.05, 3.63) is 57.2 Å². The smallest absolute Gasteiger partial charge is 0.352 e. The molecule has 0 unspecified atom stereocenters. The minimum Gasteiger partial charge on any atom is -0.385 e. The van der Waals surface area contributed by atoms with Crippen molar-refractivity contribution in [2.24, 2.45) is 10.3 Å². The fourth-order valence-corrected chi connectivity index (χ4v) is 1.18. The number of nitrogen functional groups attached to an aromatic ring is 1. The molecule has 17 heavy (non-hydrogen) atoms. The van der Waals surface area contributed by atoms with E-state index in [1.165, 1.54) is 0 Å². The van der Waals surface area contributed by atoms with Crippen LogP contribution in [-0.2, 0) is 0 Å². The number of anilines is 1. The summed E-state index contributed by atoms with van der Waals surface area (Å²) in [6.07, 6.45) is 0. The van der Waals surface area contributed by atoms with Crippen molar-refractivity contribution in [1.82, 2.24) is 9.66 Å². The van der Waals surface area contributed by atoms with Gasteiger partial charge in [-0.15, -0.1) is 9.79 Å². The highest BCUT2D eigenvalue weighted by atomic mass is 16.2. The molecule has 86 valence electrons. The van der Waals surface area contributed by atoms with E-state index in [9.17, 15) is 9.59 Å². The number of H-pyrrole nitrogens is 1. The standard InChI is InChI=1S/C10H9N5O2/c11-8-6-9(16)15(10(17)12-8)14-13-7-4-2-1-3-5-7/h1-6H,11H2,(H,12,17). The zero-order chi connectivity index (χ0) is 12.3. The average Bonchev–Trinajstić information content (AvgIpc) is 2.29. The first-order valence-corrected chi connectivity index (χ1v) is 4.76. The number of nitrogens with zero attached hydrogens (tertiary/aromatic N) is 3. The van der Waals surface area contributed by atoms with Gasteiger partial charge in [0.15, 0.2) is 0 Å². The molecule has 7 heteroatoms. The van der Waals surface area contributed by atoms with Gasteiger partial charge in [-0.3, -0.25) is 9.78 Å². The third kappa shape index (κ3) is 2.46. The molecule has 0 saturated heterocycles. The van der Waals surface area contributed by atoms with Gasteiger partial charge in [0.25, 0.3) is 5.56 Å². The number of hydrogen-bond acceptors (Lipinski definition) is 5. The fourth-order valence-electron chi connectivity index (χ4n) is 1.18. The molecular weight excluding hydrogens is 222 g/mol. The van der Waals surface area contributed by atoms with Crippen molar-refractivity contribution in [3.63, 3.8) is 0 Å². The minimum absolute atomic E-state index is 0.00818. The van der Waals surface area contributed by atoms with Crippen LogP contribution in [0.2, 0.25) is 0 Å². The Labute approximate surface area is 95.2 Å². The molecule has 2 rings (SSSR count). The second kappa shape index (κ2) is 4.44. The van der Waals surface area contributed by atoms with Crippen LogP contribution < -0.4 is 17.0 Å². The Kier molecular flexibility index (Phi) is 2.82. The summed E-state index contributed by atoms with van der Waals surface area (Å²) < 4.78 is 0.601. The summed E-state index contributed by atoms with van der Waals surface area (Å²) in [7, 11) is 0. The van der Waals surface area contributed by atoms with E-state index in [1.54, 1.807) is 24.3 Å². The molecule has 0 bridgehead atoms. The van der Waals surface area contributed by atoms with Gasteiger partial charge in [0.05, 0.1) is 5.69 Å². The quantitative estimate of drug-likeness (QED) is 0.741. The highest BCUT2D eigenvalue weighted by molar-refractivity contribution is 5.34. The van der Waals surface area contributed by atoms with Gasteiger partial charge in [-0.25, -0.2) is 4.79 Å².